The number of halogens is 1. The van der Waals surface area contributed by atoms with Gasteiger partial charge in [-0.3, -0.25) is 4.57 Å². The third-order valence-corrected chi connectivity index (χ3v) is 4.52. The molecule has 4 rings (SSSR count). The number of benzene rings is 1. The highest BCUT2D eigenvalue weighted by Crippen LogP contribution is 2.42. The van der Waals surface area contributed by atoms with Crippen LogP contribution in [0.25, 0.3) is 16.9 Å². The van der Waals surface area contributed by atoms with Gasteiger partial charge in [-0.15, -0.1) is 0 Å². The number of allylic oxidation sites excluding steroid dienone is 4. The first kappa shape index (κ1) is 15.5. The Kier molecular flexibility index (Phi) is 3.80. The molecule has 25 heavy (non-hydrogen) atoms. The molecule has 0 saturated carbocycles. The molecular weight excluding hydrogens is 313 g/mol. The number of hydrogen-bond donors (Lipinski definition) is 0. The van der Waals surface area contributed by atoms with E-state index in [0.29, 0.717) is 17.8 Å². The van der Waals surface area contributed by atoms with E-state index < -0.39 is 5.67 Å². The van der Waals surface area contributed by atoms with Crippen molar-refractivity contribution in [3.63, 3.8) is 0 Å². The highest BCUT2D eigenvalue weighted by molar-refractivity contribution is 5.76. The smallest absolute Gasteiger partial charge is 0.158 e. The lowest BCUT2D eigenvalue weighted by Crippen LogP contribution is -2.20. The lowest BCUT2D eigenvalue weighted by molar-refractivity contribution is 0.236. The van der Waals surface area contributed by atoms with Gasteiger partial charge in [0.2, 0.25) is 0 Å². The number of nitrogens with zero attached hydrogens (tertiary/aromatic N) is 3. The maximum absolute atomic E-state index is 15.8. The molecule has 0 bridgehead atoms. The first-order chi connectivity index (χ1) is 12.2. The summed E-state index contributed by atoms with van der Waals surface area (Å²) < 4.78 is 17.7. The van der Waals surface area contributed by atoms with Crippen molar-refractivity contribution in [1.29, 1.82) is 0 Å². The Hall–Kier alpha value is -3.01. The maximum Gasteiger partial charge on any atom is 0.158 e. The second-order valence-corrected chi connectivity index (χ2v) is 6.12. The van der Waals surface area contributed by atoms with E-state index in [1.807, 2.05) is 60.2 Å². The largest absolute Gasteiger partial charge is 0.288 e. The van der Waals surface area contributed by atoms with Crippen LogP contribution in [-0.4, -0.2) is 14.5 Å². The monoisotopic (exact) mass is 331 g/mol. The third-order valence-electron chi connectivity index (χ3n) is 4.52. The summed E-state index contributed by atoms with van der Waals surface area (Å²) >= 11 is 0. The van der Waals surface area contributed by atoms with Crippen molar-refractivity contribution < 1.29 is 4.39 Å². The van der Waals surface area contributed by atoms with Crippen LogP contribution in [0.2, 0.25) is 0 Å². The number of hydrogen-bond acceptors (Lipinski definition) is 2. The Balaban J connectivity index is 2.01. The highest BCUT2D eigenvalue weighted by Gasteiger charge is 2.33. The first-order valence-corrected chi connectivity index (χ1v) is 8.27. The standard InChI is InChI=1S/C21H18FN3/c1-16-23-14-15-25(16)20-19(17-8-4-2-5-9-17)18(10-13-24-20)21(22)11-6-3-7-12-21/h2-11,13-15H,12H2,1H3. The van der Waals surface area contributed by atoms with Crippen molar-refractivity contribution in [2.24, 2.45) is 0 Å². The summed E-state index contributed by atoms with van der Waals surface area (Å²) in [4.78, 5) is 8.85. The molecule has 0 amide bonds. The number of imidazole rings is 1. The quantitative estimate of drug-likeness (QED) is 0.682. The zero-order chi connectivity index (χ0) is 17.3. The molecule has 0 spiro atoms. The molecule has 0 aliphatic heterocycles. The van der Waals surface area contributed by atoms with Crippen LogP contribution in [0, 0.1) is 6.92 Å². The summed E-state index contributed by atoms with van der Waals surface area (Å²) in [7, 11) is 0. The molecule has 3 aromatic rings. The predicted molar refractivity (Wildman–Crippen MR) is 97.2 cm³/mol. The number of rotatable bonds is 3. The molecule has 124 valence electrons. The SMILES string of the molecule is Cc1nccn1-c1nccc(C2(F)C=CC=CC2)c1-c1ccccc1. The molecule has 0 saturated heterocycles. The summed E-state index contributed by atoms with van der Waals surface area (Å²) in [5.74, 6) is 1.51. The molecule has 1 aliphatic carbocycles. The van der Waals surface area contributed by atoms with Gasteiger partial charge in [-0.1, -0.05) is 48.6 Å². The van der Waals surface area contributed by atoms with Crippen molar-refractivity contribution in [3.05, 3.63) is 90.7 Å². The van der Waals surface area contributed by atoms with E-state index in [2.05, 4.69) is 9.97 Å². The summed E-state index contributed by atoms with van der Waals surface area (Å²) in [6.45, 7) is 1.91. The molecule has 3 nitrogen and oxygen atoms in total. The summed E-state index contributed by atoms with van der Waals surface area (Å²) in [6.07, 6.45) is 12.7. The van der Waals surface area contributed by atoms with E-state index in [1.165, 1.54) is 0 Å². The van der Waals surface area contributed by atoms with Crippen molar-refractivity contribution >= 4 is 0 Å². The second kappa shape index (κ2) is 6.13. The molecule has 0 fully saturated rings. The van der Waals surface area contributed by atoms with Crippen LogP contribution in [0.4, 0.5) is 4.39 Å². The van der Waals surface area contributed by atoms with Gasteiger partial charge in [-0.2, -0.15) is 0 Å². The summed E-state index contributed by atoms with van der Waals surface area (Å²) in [6, 6.07) is 11.6. The zero-order valence-electron chi connectivity index (χ0n) is 13.9. The van der Waals surface area contributed by atoms with E-state index >= 15 is 4.39 Å². The topological polar surface area (TPSA) is 30.7 Å². The molecule has 1 aromatic carbocycles. The molecule has 1 atom stereocenters. The van der Waals surface area contributed by atoms with Crippen molar-refractivity contribution in [3.8, 4) is 16.9 Å². The molecule has 2 aromatic heterocycles. The fourth-order valence-electron chi connectivity index (χ4n) is 3.26. The van der Waals surface area contributed by atoms with Crippen molar-refractivity contribution in [1.82, 2.24) is 14.5 Å². The Bertz CT molecular complexity index is 956. The van der Waals surface area contributed by atoms with Gasteiger partial charge < -0.3 is 0 Å². The number of alkyl halides is 1. The lowest BCUT2D eigenvalue weighted by Gasteiger charge is -2.27. The van der Waals surface area contributed by atoms with Gasteiger partial charge in [0.1, 0.15) is 11.6 Å². The van der Waals surface area contributed by atoms with E-state index in [-0.39, 0.29) is 0 Å². The van der Waals surface area contributed by atoms with Crippen LogP contribution in [0.3, 0.4) is 0 Å². The number of aromatic nitrogens is 3. The zero-order valence-corrected chi connectivity index (χ0v) is 13.9. The predicted octanol–water partition coefficient (Wildman–Crippen LogP) is 4.92. The van der Waals surface area contributed by atoms with Gasteiger partial charge in [0.15, 0.2) is 5.67 Å². The minimum absolute atomic E-state index is 0.315. The number of aryl methyl sites for hydroxylation is 1. The summed E-state index contributed by atoms with van der Waals surface area (Å²) in [5, 5.41) is 0. The Morgan fingerprint density at radius 2 is 1.88 bits per heavy atom. The van der Waals surface area contributed by atoms with Gasteiger partial charge >= 0.3 is 0 Å². The molecule has 1 aliphatic rings. The van der Waals surface area contributed by atoms with Crippen LogP contribution >= 0.6 is 0 Å². The van der Waals surface area contributed by atoms with Crippen molar-refractivity contribution in [2.75, 3.05) is 0 Å². The van der Waals surface area contributed by atoms with Crippen LogP contribution < -0.4 is 0 Å². The van der Waals surface area contributed by atoms with Crippen molar-refractivity contribution in [2.45, 2.75) is 19.0 Å². The maximum atomic E-state index is 15.8. The average Bonchev–Trinajstić information content (AvgIpc) is 3.08. The van der Waals surface area contributed by atoms with Gasteiger partial charge in [0.25, 0.3) is 0 Å². The molecule has 2 heterocycles. The molecule has 4 heteroatoms. The van der Waals surface area contributed by atoms with Crippen LogP contribution in [0.1, 0.15) is 17.8 Å². The van der Waals surface area contributed by atoms with E-state index in [9.17, 15) is 0 Å². The fourth-order valence-corrected chi connectivity index (χ4v) is 3.26. The van der Waals surface area contributed by atoms with E-state index in [4.69, 9.17) is 0 Å². The summed E-state index contributed by atoms with van der Waals surface area (Å²) in [5.41, 5.74) is 0.810. The normalized spacial score (nSPS) is 19.3. The lowest BCUT2D eigenvalue weighted by atomic mass is 9.84. The average molecular weight is 331 g/mol. The van der Waals surface area contributed by atoms with E-state index in [1.54, 1.807) is 30.6 Å². The molecule has 0 radical (unpaired) electrons. The molecular formula is C21H18FN3. The van der Waals surface area contributed by atoms with Gasteiger partial charge in [-0.05, 0) is 24.6 Å². The Morgan fingerprint density at radius 1 is 1.04 bits per heavy atom. The highest BCUT2D eigenvalue weighted by atomic mass is 19.1. The fraction of sp³-hybridized carbons (Fsp3) is 0.143. The number of pyridine rings is 1. The Morgan fingerprint density at radius 3 is 2.56 bits per heavy atom. The second-order valence-electron chi connectivity index (χ2n) is 6.12. The Labute approximate surface area is 146 Å². The first-order valence-electron chi connectivity index (χ1n) is 8.27. The van der Waals surface area contributed by atoms with Gasteiger partial charge in [0, 0.05) is 36.1 Å². The van der Waals surface area contributed by atoms with E-state index in [0.717, 1.165) is 17.0 Å². The molecule has 1 unspecified atom stereocenters. The van der Waals surface area contributed by atoms with Gasteiger partial charge in [0.05, 0.1) is 0 Å². The minimum Gasteiger partial charge on any atom is -0.288 e. The minimum atomic E-state index is -1.55. The molecule has 0 N–H and O–H groups in total. The third kappa shape index (κ3) is 2.70. The van der Waals surface area contributed by atoms with Crippen LogP contribution in [0.5, 0.6) is 0 Å². The van der Waals surface area contributed by atoms with Crippen LogP contribution in [0.15, 0.2) is 79.3 Å². The van der Waals surface area contributed by atoms with Crippen LogP contribution in [-0.2, 0) is 5.67 Å². The van der Waals surface area contributed by atoms with Gasteiger partial charge in [-0.25, -0.2) is 14.4 Å².